The summed E-state index contributed by atoms with van der Waals surface area (Å²) in [4.78, 5) is 3.74. The van der Waals surface area contributed by atoms with Gasteiger partial charge < -0.3 is 15.5 Å². The first-order chi connectivity index (χ1) is 3.91. The summed E-state index contributed by atoms with van der Waals surface area (Å²) in [5.41, 5.74) is 1.79. The summed E-state index contributed by atoms with van der Waals surface area (Å²) in [5.74, 6) is 0. The van der Waals surface area contributed by atoms with Crippen LogP contribution < -0.4 is 10.0 Å². The Morgan fingerprint density at radius 2 is 1.90 bits per heavy atom. The topological polar surface area (TPSA) is 90.5 Å². The fourth-order valence-corrected chi connectivity index (χ4v) is 0.527. The Balaban J connectivity index is -0.0000000900. The number of hydrogen-bond acceptors (Lipinski definition) is 4. The summed E-state index contributed by atoms with van der Waals surface area (Å²) in [6, 6.07) is 0. The summed E-state index contributed by atoms with van der Waals surface area (Å²) in [6.07, 6.45) is 1.77. The van der Waals surface area contributed by atoms with Gasteiger partial charge in [-0.3, -0.25) is 4.98 Å². The molecule has 2 N–H and O–H groups in total. The zero-order valence-electron chi connectivity index (χ0n) is 5.32. The molecule has 0 saturated carbocycles. The van der Waals surface area contributed by atoms with Crippen LogP contribution >= 0.6 is 11.3 Å². The van der Waals surface area contributed by atoms with Crippen molar-refractivity contribution in [1.82, 2.24) is 4.98 Å². The molecule has 1 aromatic heterocycles. The predicted molar refractivity (Wildman–Crippen MR) is 38.6 cm³/mol. The Bertz CT molecular complexity index is 90.6. The van der Waals surface area contributed by atoms with Crippen molar-refractivity contribution in [3.63, 3.8) is 0 Å². The number of nitrogens with zero attached hydrogens (tertiary/aromatic N) is 1. The van der Waals surface area contributed by atoms with Gasteiger partial charge in [-0.2, -0.15) is 0 Å². The van der Waals surface area contributed by atoms with Gasteiger partial charge in [0.05, 0.1) is 5.51 Å². The van der Waals surface area contributed by atoms with Crippen molar-refractivity contribution in [2.45, 2.75) is 0 Å². The maximum absolute atomic E-state index is 8.38. The van der Waals surface area contributed by atoms with Gasteiger partial charge in [-0.1, -0.05) is 0 Å². The normalized spacial score (nSPS) is 5.40. The molecule has 0 radical (unpaired) electrons. The van der Waals surface area contributed by atoms with Crippen molar-refractivity contribution >= 4 is 42.1 Å². The fraction of sp³-hybridized carbons (Fsp3) is 0. The van der Waals surface area contributed by atoms with Gasteiger partial charge in [-0.25, -0.2) is 0 Å². The number of aromatic nitrogens is 1. The van der Waals surface area contributed by atoms with Crippen molar-refractivity contribution < 1.29 is 15.5 Å². The second-order valence-corrected chi connectivity index (χ2v) is 1.55. The van der Waals surface area contributed by atoms with Crippen LogP contribution in [0.1, 0.15) is 0 Å². The first-order valence-corrected chi connectivity index (χ1v) is 2.84. The van der Waals surface area contributed by atoms with E-state index in [4.69, 9.17) is 10.0 Å². The number of rotatable bonds is 0. The van der Waals surface area contributed by atoms with E-state index in [0.29, 0.717) is 0 Å². The van der Waals surface area contributed by atoms with E-state index in [1.165, 1.54) is 0 Å². The first-order valence-electron chi connectivity index (χ1n) is 1.90. The smallest absolute Gasteiger partial charge is 0.896 e. The first kappa shape index (κ1) is 16.7. The zero-order chi connectivity index (χ0) is 6.24. The van der Waals surface area contributed by atoms with Crippen molar-refractivity contribution in [2.75, 3.05) is 0 Å². The van der Waals surface area contributed by atoms with Crippen molar-refractivity contribution in [2.24, 2.45) is 0 Å². The molecule has 0 unspecified atom stereocenters. The quantitative estimate of drug-likeness (QED) is 0.387. The van der Waals surface area contributed by atoms with Gasteiger partial charge in [-0.15, -0.1) is 19.0 Å². The average molecular weight is 171 g/mol. The van der Waals surface area contributed by atoms with Crippen LogP contribution in [0.25, 0.3) is 0 Å². The van der Waals surface area contributed by atoms with Gasteiger partial charge in [0.1, 0.15) is 0 Å². The summed E-state index contributed by atoms with van der Waals surface area (Å²) < 4.78 is 0. The summed E-state index contributed by atoms with van der Waals surface area (Å²) in [5, 5.41) is 18.7. The van der Waals surface area contributed by atoms with Gasteiger partial charge in [0.15, 0.2) is 0 Å². The Labute approximate surface area is 79.7 Å². The molecule has 0 aliphatic carbocycles. The van der Waals surface area contributed by atoms with Gasteiger partial charge in [-0.05, 0) is 0 Å². The van der Waals surface area contributed by atoms with Crippen LogP contribution in [0, 0.1) is 0 Å². The third-order valence-electron chi connectivity index (χ3n) is 0.347. The van der Waals surface area contributed by atoms with Crippen molar-refractivity contribution in [3.05, 3.63) is 17.1 Å². The predicted octanol–water partition coefficient (Wildman–Crippen LogP) is -3.09. The Kier molecular flexibility index (Phi) is 27.1. The largest absolute Gasteiger partial charge is 2.00 e. The van der Waals surface area contributed by atoms with Gasteiger partial charge >= 0.3 is 23.1 Å². The molecule has 1 aromatic rings. The summed E-state index contributed by atoms with van der Waals surface area (Å²) in [6.45, 7) is 0. The molecule has 0 aromatic carbocycles. The number of hydrogen-bond donors (Lipinski definition) is 0. The minimum atomic E-state index is -1.25. The monoisotopic (exact) mass is 171 g/mol. The second-order valence-electron chi connectivity index (χ2n) is 0.794. The van der Waals surface area contributed by atoms with Crippen LogP contribution in [-0.4, -0.2) is 41.2 Å². The van der Waals surface area contributed by atoms with E-state index in [1.54, 1.807) is 23.0 Å². The van der Waals surface area contributed by atoms with Crippen molar-refractivity contribution in [1.29, 1.82) is 0 Å². The van der Waals surface area contributed by atoms with E-state index < -0.39 is 7.69 Å². The summed E-state index contributed by atoms with van der Waals surface area (Å²) in [7, 11) is -1.25. The van der Waals surface area contributed by atoms with E-state index in [2.05, 4.69) is 4.98 Å². The Morgan fingerprint density at radius 3 is 2.00 bits per heavy atom. The molecular formula is C3H6BMgNO3S. The molecule has 0 fully saturated rings. The molecule has 0 amide bonds. The van der Waals surface area contributed by atoms with E-state index in [9.17, 15) is 0 Å². The molecule has 0 aliphatic rings. The zero-order valence-corrected chi connectivity index (χ0v) is 7.55. The van der Waals surface area contributed by atoms with Crippen LogP contribution in [0.2, 0.25) is 0 Å². The van der Waals surface area contributed by atoms with Gasteiger partial charge in [0, 0.05) is 11.6 Å². The average Bonchev–Trinajstić information content (AvgIpc) is 2.17. The Hall–Kier alpha value is 0.341. The van der Waals surface area contributed by atoms with Crippen LogP contribution in [0.15, 0.2) is 17.1 Å². The maximum Gasteiger partial charge on any atom is 2.00 e. The summed E-state index contributed by atoms with van der Waals surface area (Å²) >= 11 is 1.60. The van der Waals surface area contributed by atoms with Crippen LogP contribution in [0.4, 0.5) is 0 Å². The van der Waals surface area contributed by atoms with Crippen LogP contribution in [-0.2, 0) is 0 Å². The maximum atomic E-state index is 8.38. The molecule has 1 heterocycles. The molecule has 0 bridgehead atoms. The minimum absolute atomic E-state index is 0. The molecule has 1 rings (SSSR count). The molecule has 0 atom stereocenters. The van der Waals surface area contributed by atoms with Crippen molar-refractivity contribution in [3.8, 4) is 0 Å². The minimum Gasteiger partial charge on any atom is -0.896 e. The van der Waals surface area contributed by atoms with E-state index in [1.807, 2.05) is 5.38 Å². The van der Waals surface area contributed by atoms with Crippen LogP contribution in [0.3, 0.4) is 0 Å². The second kappa shape index (κ2) is 16.2. The van der Waals surface area contributed by atoms with E-state index >= 15 is 0 Å². The van der Waals surface area contributed by atoms with Gasteiger partial charge in [0.25, 0.3) is 0 Å². The molecule has 52 valence electrons. The SMILES string of the molecule is O.[Mg+2].[O-]B[O-].c1cscn1. The fourth-order valence-electron chi connectivity index (χ4n) is 0.176. The number of thiazole rings is 1. The molecule has 10 heavy (non-hydrogen) atoms. The van der Waals surface area contributed by atoms with E-state index in [-0.39, 0.29) is 28.5 Å². The molecule has 0 aliphatic heterocycles. The molecule has 4 nitrogen and oxygen atoms in total. The molecule has 7 heteroatoms. The van der Waals surface area contributed by atoms with E-state index in [0.717, 1.165) is 0 Å². The molecule has 0 spiro atoms. The Morgan fingerprint density at radius 1 is 1.40 bits per heavy atom. The standard InChI is InChI=1S/C3H3NS.BHO2.Mg.H2O/c1-2-5-3-4-1;2-1-3;;/h1-3H;1H;;1H2/q;-2;+2;. The third kappa shape index (κ3) is 15.8. The third-order valence-corrected chi connectivity index (χ3v) is 0.869. The van der Waals surface area contributed by atoms with Gasteiger partial charge in [0.2, 0.25) is 0 Å². The van der Waals surface area contributed by atoms with Crippen LogP contribution in [0.5, 0.6) is 0 Å². The molecule has 0 saturated heterocycles. The molecular weight excluding hydrogens is 165 g/mol.